The van der Waals surface area contributed by atoms with E-state index in [-0.39, 0.29) is 33.0 Å². The molecule has 7 nitrogen and oxygen atoms in total. The minimum atomic E-state index is -1.48. The number of aliphatic hydroxyl groups is 4. The fourth-order valence-corrected chi connectivity index (χ4v) is 1.61. The molecule has 0 aliphatic carbocycles. The van der Waals surface area contributed by atoms with Gasteiger partial charge in [0, 0.05) is 6.54 Å². The van der Waals surface area contributed by atoms with Crippen LogP contribution in [-0.2, 0) is 0 Å². The Morgan fingerprint density at radius 2 is 1.93 bits per heavy atom. The Morgan fingerprint density at radius 1 is 1.29 bits per heavy atom. The maximum absolute atomic E-state index is 11.8. The summed E-state index contributed by atoms with van der Waals surface area (Å²) in [4.78, 5) is 1.29. The quantitative estimate of drug-likeness (QED) is 0.293. The Kier molecular flexibility index (Phi) is 3.78. The molecule has 0 spiro atoms. The predicted octanol–water partition coefficient (Wildman–Crippen LogP) is -2.80. The van der Waals surface area contributed by atoms with Crippen molar-refractivity contribution in [3.8, 4) is 0 Å². The van der Waals surface area contributed by atoms with E-state index >= 15 is 0 Å². The molecule has 7 heteroatoms. The molecule has 1 rings (SSSR count). The van der Waals surface area contributed by atoms with Gasteiger partial charge in [0.05, 0.1) is 13.2 Å². The summed E-state index contributed by atoms with van der Waals surface area (Å²) < 4.78 is -1.06. The van der Waals surface area contributed by atoms with Gasteiger partial charge >= 0.3 is 0 Å². The van der Waals surface area contributed by atoms with Gasteiger partial charge < -0.3 is 30.3 Å². The van der Waals surface area contributed by atoms with Crippen LogP contribution in [0.5, 0.6) is 0 Å². The van der Waals surface area contributed by atoms with E-state index in [0.717, 1.165) is 0 Å². The van der Waals surface area contributed by atoms with Gasteiger partial charge in [-0.1, -0.05) is 0 Å². The number of β-amino-alcohol motifs (C(OH)–C–C–N with tert-alkyl or cyclic N) is 1. The van der Waals surface area contributed by atoms with Crippen molar-refractivity contribution in [2.75, 3.05) is 33.0 Å². The second-order valence-electron chi connectivity index (χ2n) is 3.40. The topological polar surface area (TPSA) is 107 Å². The van der Waals surface area contributed by atoms with E-state index in [4.69, 9.17) is 10.2 Å². The predicted molar refractivity (Wildman–Crippen MR) is 46.3 cm³/mol. The molecule has 0 saturated carbocycles. The Morgan fingerprint density at radius 3 is 2.43 bits per heavy atom. The number of quaternary nitrogens is 1. The molecule has 1 heterocycles. The summed E-state index contributed by atoms with van der Waals surface area (Å²) >= 11 is 0. The maximum atomic E-state index is 11.8. The molecule has 84 valence electrons. The second kappa shape index (κ2) is 4.49. The Bertz CT molecular complexity index is 193. The zero-order valence-electron chi connectivity index (χ0n) is 7.78. The highest BCUT2D eigenvalue weighted by atomic mass is 16.6. The van der Waals surface area contributed by atoms with E-state index in [1.807, 2.05) is 0 Å². The van der Waals surface area contributed by atoms with Gasteiger partial charge in [0.1, 0.15) is 13.2 Å². The molecule has 0 amide bonds. The zero-order valence-corrected chi connectivity index (χ0v) is 7.78. The van der Waals surface area contributed by atoms with E-state index in [0.29, 0.717) is 0 Å². The first kappa shape index (κ1) is 11.8. The number of aliphatic hydroxyl groups excluding tert-OH is 4. The van der Waals surface area contributed by atoms with Gasteiger partial charge in [0.25, 0.3) is 0 Å². The van der Waals surface area contributed by atoms with Crippen molar-refractivity contribution in [2.45, 2.75) is 12.5 Å². The summed E-state index contributed by atoms with van der Waals surface area (Å²) in [6, 6.07) is 0. The van der Waals surface area contributed by atoms with Gasteiger partial charge in [0.2, 0.25) is 6.23 Å². The molecule has 0 radical (unpaired) electrons. The molecule has 0 aromatic carbocycles. The van der Waals surface area contributed by atoms with Crippen LogP contribution in [0.2, 0.25) is 0 Å². The smallest absolute Gasteiger partial charge is 0.232 e. The molecular formula is C7H16N2O5. The number of hydroxylamine groups is 3. The van der Waals surface area contributed by atoms with Gasteiger partial charge in [-0.15, -0.1) is 0 Å². The van der Waals surface area contributed by atoms with Gasteiger partial charge in [-0.3, -0.25) is 0 Å². The van der Waals surface area contributed by atoms with Crippen molar-refractivity contribution in [3.63, 3.8) is 0 Å². The van der Waals surface area contributed by atoms with Crippen LogP contribution in [0, 0.1) is 5.21 Å². The first-order valence-corrected chi connectivity index (χ1v) is 4.45. The van der Waals surface area contributed by atoms with Crippen LogP contribution in [-0.4, -0.2) is 75.4 Å². The third-order valence-corrected chi connectivity index (χ3v) is 2.41. The van der Waals surface area contributed by atoms with Crippen molar-refractivity contribution in [2.24, 2.45) is 0 Å². The maximum Gasteiger partial charge on any atom is 0.232 e. The molecule has 3 atom stereocenters. The van der Waals surface area contributed by atoms with Crippen LogP contribution >= 0.6 is 0 Å². The van der Waals surface area contributed by atoms with Crippen molar-refractivity contribution in [1.29, 1.82) is 0 Å². The lowest BCUT2D eigenvalue weighted by Crippen LogP contribution is -2.50. The van der Waals surface area contributed by atoms with E-state index in [1.165, 1.54) is 4.90 Å². The first-order valence-electron chi connectivity index (χ1n) is 4.45. The lowest BCUT2D eigenvalue weighted by Gasteiger charge is -2.40. The lowest BCUT2D eigenvalue weighted by molar-refractivity contribution is -0.919. The molecule has 14 heavy (non-hydrogen) atoms. The van der Waals surface area contributed by atoms with Crippen molar-refractivity contribution < 1.29 is 25.1 Å². The van der Waals surface area contributed by atoms with Crippen LogP contribution < -0.4 is 0 Å². The lowest BCUT2D eigenvalue weighted by atomic mass is 10.4. The Balaban J connectivity index is 2.65. The number of hydrogen-bond acceptors (Lipinski definition) is 6. The standard InChI is InChI=1S/C7H16N2O5/c10-3-1-8-5-9(14,2-4-11)7(13)6(8)12/h6-7,10-13H,1-5H2. The molecule has 1 saturated heterocycles. The summed E-state index contributed by atoms with van der Waals surface area (Å²) in [5.41, 5.74) is 0. The zero-order chi connectivity index (χ0) is 10.8. The van der Waals surface area contributed by atoms with Crippen molar-refractivity contribution >= 4 is 0 Å². The Hall–Kier alpha value is -0.280. The third-order valence-electron chi connectivity index (χ3n) is 2.41. The van der Waals surface area contributed by atoms with Crippen LogP contribution in [0.25, 0.3) is 0 Å². The fourth-order valence-electron chi connectivity index (χ4n) is 1.61. The molecule has 0 bridgehead atoms. The highest BCUT2D eigenvalue weighted by Gasteiger charge is 2.45. The molecule has 0 aromatic rings. The summed E-state index contributed by atoms with van der Waals surface area (Å²) in [7, 11) is 0. The molecule has 3 unspecified atom stereocenters. The van der Waals surface area contributed by atoms with Crippen LogP contribution in [0.15, 0.2) is 0 Å². The molecular weight excluding hydrogens is 192 g/mol. The minimum absolute atomic E-state index is 0.122. The minimum Gasteiger partial charge on any atom is -0.630 e. The average Bonchev–Trinajstić information content (AvgIpc) is 2.33. The number of hydrogen-bond donors (Lipinski definition) is 4. The van der Waals surface area contributed by atoms with Gasteiger partial charge in [-0.2, -0.15) is 0 Å². The van der Waals surface area contributed by atoms with Crippen molar-refractivity contribution in [3.05, 3.63) is 5.21 Å². The Labute approximate surface area is 81.6 Å². The van der Waals surface area contributed by atoms with Gasteiger partial charge in [0.15, 0.2) is 6.23 Å². The molecule has 0 aromatic heterocycles. The third kappa shape index (κ3) is 2.04. The van der Waals surface area contributed by atoms with Gasteiger partial charge in [-0.25, -0.2) is 4.90 Å². The monoisotopic (exact) mass is 208 g/mol. The SMILES string of the molecule is [O-][N+]1(CCO)CN(CCO)C(O)C1O. The van der Waals surface area contributed by atoms with Crippen LogP contribution in [0.3, 0.4) is 0 Å². The van der Waals surface area contributed by atoms with Crippen LogP contribution in [0.1, 0.15) is 0 Å². The second-order valence-corrected chi connectivity index (χ2v) is 3.40. The molecule has 1 fully saturated rings. The summed E-state index contributed by atoms with van der Waals surface area (Å²) in [6.07, 6.45) is -2.75. The largest absolute Gasteiger partial charge is 0.630 e. The molecule has 4 N–H and O–H groups in total. The summed E-state index contributed by atoms with van der Waals surface area (Å²) in [5.74, 6) is 0. The molecule has 1 aliphatic rings. The van der Waals surface area contributed by atoms with E-state index < -0.39 is 17.1 Å². The number of rotatable bonds is 4. The fraction of sp³-hybridized carbons (Fsp3) is 1.00. The summed E-state index contributed by atoms with van der Waals surface area (Å²) in [5, 5.41) is 47.9. The molecule has 1 aliphatic heterocycles. The van der Waals surface area contributed by atoms with Gasteiger partial charge in [-0.05, 0) is 0 Å². The highest BCUT2D eigenvalue weighted by Crippen LogP contribution is 2.24. The first-order chi connectivity index (χ1) is 6.55. The number of nitrogens with zero attached hydrogens (tertiary/aromatic N) is 2. The normalized spacial score (nSPS) is 39.2. The van der Waals surface area contributed by atoms with Crippen LogP contribution in [0.4, 0.5) is 0 Å². The van der Waals surface area contributed by atoms with E-state index in [9.17, 15) is 15.4 Å². The highest BCUT2D eigenvalue weighted by molar-refractivity contribution is 4.70. The van der Waals surface area contributed by atoms with E-state index in [2.05, 4.69) is 0 Å². The van der Waals surface area contributed by atoms with Crippen molar-refractivity contribution in [1.82, 2.24) is 4.90 Å². The summed E-state index contributed by atoms with van der Waals surface area (Å²) in [6.45, 7) is -0.696. The average molecular weight is 208 g/mol. The van der Waals surface area contributed by atoms with E-state index in [1.54, 1.807) is 0 Å².